The van der Waals surface area contributed by atoms with Crippen molar-refractivity contribution in [1.29, 1.82) is 0 Å². The van der Waals surface area contributed by atoms with Crippen molar-refractivity contribution in [3.8, 4) is 0 Å². The number of carbonyl (C=O) groups is 1. The van der Waals surface area contributed by atoms with Crippen molar-refractivity contribution < 1.29 is 13.2 Å². The highest BCUT2D eigenvalue weighted by Crippen LogP contribution is 2.25. The molecule has 3 aliphatic heterocycles. The normalized spacial score (nSPS) is 24.5. The minimum absolute atomic E-state index is 0.0739. The molecule has 9 nitrogen and oxygen atoms in total. The second-order valence-corrected chi connectivity index (χ2v) is 11.0. The Morgan fingerprint density at radius 3 is 2.13 bits per heavy atom. The Balaban J connectivity index is 1.28. The number of hydrogen-bond donors (Lipinski definition) is 0. The van der Waals surface area contributed by atoms with Crippen molar-refractivity contribution in [3.63, 3.8) is 0 Å². The number of amides is 1. The van der Waals surface area contributed by atoms with Crippen LogP contribution in [0, 0.1) is 5.92 Å². The molecule has 0 saturated carbocycles. The van der Waals surface area contributed by atoms with Gasteiger partial charge in [-0.25, -0.2) is 12.7 Å². The zero-order valence-corrected chi connectivity index (χ0v) is 19.4. The topological polar surface area (TPSA) is 90.0 Å². The first-order valence-corrected chi connectivity index (χ1v) is 13.3. The van der Waals surface area contributed by atoms with Gasteiger partial charge in [-0.15, -0.1) is 10.2 Å². The molecule has 31 heavy (non-hydrogen) atoms. The van der Waals surface area contributed by atoms with Gasteiger partial charge in [0.05, 0.1) is 6.26 Å². The maximum atomic E-state index is 12.9. The summed E-state index contributed by atoms with van der Waals surface area (Å²) in [5.74, 6) is 1.90. The van der Waals surface area contributed by atoms with Crippen LogP contribution in [-0.4, -0.2) is 91.8 Å². The van der Waals surface area contributed by atoms with E-state index in [2.05, 4.69) is 33.0 Å². The fourth-order valence-electron chi connectivity index (χ4n) is 4.93. The maximum Gasteiger partial charge on any atom is 0.225 e. The van der Waals surface area contributed by atoms with E-state index in [1.54, 1.807) is 0 Å². The van der Waals surface area contributed by atoms with Gasteiger partial charge in [0.25, 0.3) is 0 Å². The molecule has 4 rings (SSSR count). The Kier molecular flexibility index (Phi) is 6.66. The maximum absolute atomic E-state index is 12.9. The number of sulfonamides is 1. The molecule has 4 heterocycles. The van der Waals surface area contributed by atoms with Gasteiger partial charge < -0.3 is 14.7 Å². The van der Waals surface area contributed by atoms with Crippen molar-refractivity contribution in [3.05, 3.63) is 12.1 Å². The lowest BCUT2D eigenvalue weighted by molar-refractivity contribution is -0.137. The number of hydrogen-bond acceptors (Lipinski definition) is 7. The average Bonchev–Trinajstić information content (AvgIpc) is 2.79. The molecule has 1 unspecified atom stereocenters. The fourth-order valence-corrected chi connectivity index (χ4v) is 5.80. The fraction of sp³-hybridized carbons (Fsp3) is 0.762. The third kappa shape index (κ3) is 5.11. The van der Waals surface area contributed by atoms with Crippen LogP contribution in [0.1, 0.15) is 39.0 Å². The zero-order chi connectivity index (χ0) is 22.0. The minimum Gasteiger partial charge on any atom is -0.352 e. The lowest BCUT2D eigenvalue weighted by Crippen LogP contribution is -2.52. The lowest BCUT2D eigenvalue weighted by Gasteiger charge is -2.38. The quantitative estimate of drug-likeness (QED) is 0.680. The van der Waals surface area contributed by atoms with Crippen LogP contribution in [0.5, 0.6) is 0 Å². The molecule has 3 fully saturated rings. The molecule has 3 aliphatic rings. The minimum atomic E-state index is -3.17. The second-order valence-electron chi connectivity index (χ2n) is 9.04. The molecule has 0 aromatic carbocycles. The monoisotopic (exact) mass is 450 g/mol. The first kappa shape index (κ1) is 22.3. The summed E-state index contributed by atoms with van der Waals surface area (Å²) in [4.78, 5) is 19.4. The van der Waals surface area contributed by atoms with E-state index in [9.17, 15) is 13.2 Å². The lowest BCUT2D eigenvalue weighted by atomic mass is 9.96. The van der Waals surface area contributed by atoms with Crippen molar-refractivity contribution in [2.75, 3.05) is 61.9 Å². The van der Waals surface area contributed by atoms with E-state index in [4.69, 9.17) is 0 Å². The van der Waals surface area contributed by atoms with Gasteiger partial charge in [-0.2, -0.15) is 0 Å². The Labute approximate surface area is 185 Å². The number of piperazine rings is 1. The van der Waals surface area contributed by atoms with Gasteiger partial charge in [-0.1, -0.05) is 0 Å². The molecule has 3 saturated heterocycles. The summed E-state index contributed by atoms with van der Waals surface area (Å²) in [7, 11) is -3.17. The van der Waals surface area contributed by atoms with Crippen LogP contribution in [0.2, 0.25) is 0 Å². The second kappa shape index (κ2) is 9.28. The molecule has 0 bridgehead atoms. The number of rotatable bonds is 4. The van der Waals surface area contributed by atoms with Crippen LogP contribution in [0.15, 0.2) is 12.1 Å². The number of nitrogens with zero attached hydrogens (tertiary/aromatic N) is 6. The van der Waals surface area contributed by atoms with Crippen molar-refractivity contribution in [1.82, 2.24) is 19.4 Å². The summed E-state index contributed by atoms with van der Waals surface area (Å²) in [6.07, 6.45) is 6.13. The van der Waals surface area contributed by atoms with Crippen LogP contribution < -0.4 is 9.80 Å². The van der Waals surface area contributed by atoms with Gasteiger partial charge in [-0.05, 0) is 51.2 Å². The van der Waals surface area contributed by atoms with Crippen LogP contribution in [-0.2, 0) is 14.8 Å². The Bertz CT molecular complexity index is 862. The summed E-state index contributed by atoms with van der Waals surface area (Å²) in [5.41, 5.74) is 0. The highest BCUT2D eigenvalue weighted by Gasteiger charge is 2.33. The molecular formula is C21H34N6O3S. The summed E-state index contributed by atoms with van der Waals surface area (Å²) in [5, 5.41) is 8.95. The van der Waals surface area contributed by atoms with Crippen LogP contribution >= 0.6 is 0 Å². The average molecular weight is 451 g/mol. The Morgan fingerprint density at radius 2 is 1.55 bits per heavy atom. The third-order valence-corrected chi connectivity index (χ3v) is 8.22. The summed E-state index contributed by atoms with van der Waals surface area (Å²) in [6, 6.07) is 4.62. The largest absolute Gasteiger partial charge is 0.352 e. The number of piperidine rings is 2. The van der Waals surface area contributed by atoms with Gasteiger partial charge in [0.15, 0.2) is 11.6 Å². The predicted octanol–water partition coefficient (Wildman–Crippen LogP) is 1.18. The molecular weight excluding hydrogens is 416 g/mol. The zero-order valence-electron chi connectivity index (χ0n) is 18.6. The molecule has 1 atom stereocenters. The van der Waals surface area contributed by atoms with E-state index in [0.29, 0.717) is 45.1 Å². The van der Waals surface area contributed by atoms with E-state index in [1.165, 1.54) is 29.8 Å². The first-order valence-electron chi connectivity index (χ1n) is 11.4. The smallest absolute Gasteiger partial charge is 0.225 e. The molecule has 1 aromatic rings. The van der Waals surface area contributed by atoms with Crippen molar-refractivity contribution in [2.24, 2.45) is 5.92 Å². The molecule has 0 radical (unpaired) electrons. The predicted molar refractivity (Wildman–Crippen MR) is 121 cm³/mol. The van der Waals surface area contributed by atoms with Crippen LogP contribution in [0.4, 0.5) is 11.6 Å². The van der Waals surface area contributed by atoms with E-state index < -0.39 is 10.0 Å². The molecule has 1 amide bonds. The SMILES string of the molecule is CC1CCCCN1c1ccc(N2CCN(C(=O)C3CCN(S(C)(=O)=O)CC3)CC2)nn1. The summed E-state index contributed by atoms with van der Waals surface area (Å²) >= 11 is 0. The molecule has 0 N–H and O–H groups in total. The van der Waals surface area contributed by atoms with Gasteiger partial charge in [0, 0.05) is 57.8 Å². The number of aromatic nitrogens is 2. The number of carbonyl (C=O) groups excluding carboxylic acids is 1. The van der Waals surface area contributed by atoms with E-state index in [1.807, 2.05) is 11.0 Å². The van der Waals surface area contributed by atoms with E-state index >= 15 is 0 Å². The van der Waals surface area contributed by atoms with Crippen LogP contribution in [0.25, 0.3) is 0 Å². The highest BCUT2D eigenvalue weighted by molar-refractivity contribution is 7.88. The van der Waals surface area contributed by atoms with Crippen molar-refractivity contribution in [2.45, 2.75) is 45.1 Å². The third-order valence-electron chi connectivity index (χ3n) is 6.92. The van der Waals surface area contributed by atoms with E-state index in [-0.39, 0.29) is 11.8 Å². The molecule has 0 aliphatic carbocycles. The van der Waals surface area contributed by atoms with E-state index in [0.717, 1.165) is 31.3 Å². The summed E-state index contributed by atoms with van der Waals surface area (Å²) < 4.78 is 24.8. The standard InChI is InChI=1S/C21H34N6O3S/c1-17-5-3-4-10-27(17)20-7-6-19(22-23-20)24-13-15-25(16-14-24)21(28)18-8-11-26(12-9-18)31(2,29)30/h6-7,17-18H,3-5,8-16H2,1-2H3. The van der Waals surface area contributed by atoms with Gasteiger partial charge in [0.2, 0.25) is 15.9 Å². The summed E-state index contributed by atoms with van der Waals surface area (Å²) in [6.45, 7) is 6.97. The molecule has 172 valence electrons. The Morgan fingerprint density at radius 1 is 0.903 bits per heavy atom. The highest BCUT2D eigenvalue weighted by atomic mass is 32.2. The molecule has 1 aromatic heterocycles. The van der Waals surface area contributed by atoms with Crippen molar-refractivity contribution >= 4 is 27.6 Å². The molecule has 0 spiro atoms. The molecule has 10 heteroatoms. The number of anilines is 2. The van der Waals surface area contributed by atoms with Crippen LogP contribution in [0.3, 0.4) is 0 Å². The first-order chi connectivity index (χ1) is 14.8. The van der Waals surface area contributed by atoms with Gasteiger partial charge in [-0.3, -0.25) is 4.79 Å². The Hall–Kier alpha value is -1.94. The van der Waals surface area contributed by atoms with Gasteiger partial charge in [0.1, 0.15) is 0 Å². The van der Waals surface area contributed by atoms with Gasteiger partial charge >= 0.3 is 0 Å².